The van der Waals surface area contributed by atoms with E-state index in [9.17, 15) is 5.11 Å². The number of hydrogen-bond acceptors (Lipinski definition) is 3. The Hall–Kier alpha value is -2.52. The van der Waals surface area contributed by atoms with Gasteiger partial charge in [-0.25, -0.2) is 0 Å². The fourth-order valence-electron chi connectivity index (χ4n) is 2.61. The number of rotatable bonds is 8. The second-order valence-electron chi connectivity index (χ2n) is 5.58. The van der Waals surface area contributed by atoms with Gasteiger partial charge in [0.05, 0.1) is 13.2 Å². The van der Waals surface area contributed by atoms with Crippen molar-refractivity contribution >= 4 is 0 Å². The second kappa shape index (κ2) is 8.37. The van der Waals surface area contributed by atoms with Gasteiger partial charge >= 0.3 is 0 Å². The molecule has 0 aliphatic heterocycles. The van der Waals surface area contributed by atoms with Crippen LogP contribution >= 0.6 is 0 Å². The van der Waals surface area contributed by atoms with Crippen molar-refractivity contribution in [1.82, 2.24) is 0 Å². The van der Waals surface area contributed by atoms with Crippen molar-refractivity contribution in [1.29, 1.82) is 0 Å². The highest BCUT2D eigenvalue weighted by Gasteiger charge is 2.22. The summed E-state index contributed by atoms with van der Waals surface area (Å²) in [7, 11) is 1.61. The third-order valence-electron chi connectivity index (χ3n) is 3.99. The van der Waals surface area contributed by atoms with Crippen LogP contribution in [0.4, 0.5) is 0 Å². The Morgan fingerprint density at radius 1 is 1.08 bits per heavy atom. The summed E-state index contributed by atoms with van der Waals surface area (Å²) >= 11 is 0. The summed E-state index contributed by atoms with van der Waals surface area (Å²) in [6.07, 6.45) is 2.55. The van der Waals surface area contributed by atoms with Crippen LogP contribution in [0.1, 0.15) is 35.6 Å². The summed E-state index contributed by atoms with van der Waals surface area (Å²) in [5.74, 6) is 1.26. The maximum Gasteiger partial charge on any atom is 0.165 e. The van der Waals surface area contributed by atoms with Gasteiger partial charge in [-0.3, -0.25) is 0 Å². The van der Waals surface area contributed by atoms with Crippen LogP contribution in [0.5, 0.6) is 11.5 Å². The molecule has 0 aromatic heterocycles. The molecule has 0 saturated heterocycles. The van der Waals surface area contributed by atoms with Gasteiger partial charge in [0, 0.05) is 11.5 Å². The quantitative estimate of drug-likeness (QED) is 0.710. The lowest BCUT2D eigenvalue weighted by Crippen LogP contribution is -2.08. The smallest absolute Gasteiger partial charge is 0.165 e. The number of aliphatic hydroxyl groups is 1. The topological polar surface area (TPSA) is 38.7 Å². The zero-order valence-electron chi connectivity index (χ0n) is 14.2. The Morgan fingerprint density at radius 3 is 2.38 bits per heavy atom. The van der Waals surface area contributed by atoms with Gasteiger partial charge in [0.1, 0.15) is 6.61 Å². The molecule has 0 heterocycles. The molecule has 1 N–H and O–H groups in total. The number of hydrogen-bond donors (Lipinski definition) is 1. The van der Waals surface area contributed by atoms with Gasteiger partial charge in [-0.05, 0) is 17.2 Å². The monoisotopic (exact) mass is 324 g/mol. The van der Waals surface area contributed by atoms with E-state index in [0.29, 0.717) is 18.1 Å². The maximum atomic E-state index is 10.3. The molecule has 0 aliphatic carbocycles. The zero-order valence-corrected chi connectivity index (χ0v) is 14.2. The predicted octanol–water partition coefficient (Wildman–Crippen LogP) is 4.78. The third-order valence-corrected chi connectivity index (χ3v) is 3.99. The lowest BCUT2D eigenvalue weighted by atomic mass is 9.91. The molecule has 24 heavy (non-hydrogen) atoms. The lowest BCUT2D eigenvalue weighted by Gasteiger charge is -2.22. The first kappa shape index (κ1) is 17.8. The van der Waals surface area contributed by atoms with E-state index < -0.39 is 6.10 Å². The molecular weight excluding hydrogens is 300 g/mol. The molecular formula is C21H24O3. The maximum absolute atomic E-state index is 10.3. The van der Waals surface area contributed by atoms with Gasteiger partial charge in [0.25, 0.3) is 0 Å². The minimum Gasteiger partial charge on any atom is -0.493 e. The van der Waals surface area contributed by atoms with E-state index in [1.54, 1.807) is 7.11 Å². The average Bonchev–Trinajstić information content (AvgIpc) is 2.64. The SMILES string of the molecule is C=CC(C)c1c(C(O)C=C)ccc(OC)c1OCc1ccccc1. The normalized spacial score (nSPS) is 13.0. The van der Waals surface area contributed by atoms with Gasteiger partial charge in [-0.2, -0.15) is 0 Å². The van der Waals surface area contributed by atoms with E-state index in [1.165, 1.54) is 6.08 Å². The molecule has 0 radical (unpaired) electrons. The Morgan fingerprint density at radius 2 is 1.79 bits per heavy atom. The molecule has 2 rings (SSSR count). The minimum absolute atomic E-state index is 0.00419. The van der Waals surface area contributed by atoms with E-state index in [4.69, 9.17) is 9.47 Å². The van der Waals surface area contributed by atoms with Crippen LogP contribution in [0.25, 0.3) is 0 Å². The largest absolute Gasteiger partial charge is 0.493 e. The van der Waals surface area contributed by atoms with E-state index in [2.05, 4.69) is 13.2 Å². The van der Waals surface area contributed by atoms with E-state index in [-0.39, 0.29) is 5.92 Å². The van der Waals surface area contributed by atoms with Crippen LogP contribution in [0, 0.1) is 0 Å². The molecule has 3 heteroatoms. The van der Waals surface area contributed by atoms with Crippen LogP contribution in [-0.2, 0) is 6.61 Å². The summed E-state index contributed by atoms with van der Waals surface area (Å²) in [6, 6.07) is 13.6. The van der Waals surface area contributed by atoms with Gasteiger partial charge in [0.15, 0.2) is 11.5 Å². The summed E-state index contributed by atoms with van der Waals surface area (Å²) < 4.78 is 11.6. The van der Waals surface area contributed by atoms with E-state index >= 15 is 0 Å². The Labute approximate surface area is 143 Å². The van der Waals surface area contributed by atoms with Crippen LogP contribution in [-0.4, -0.2) is 12.2 Å². The molecule has 0 fully saturated rings. The number of methoxy groups -OCH3 is 1. The van der Waals surface area contributed by atoms with E-state index in [1.807, 2.05) is 55.5 Å². The van der Waals surface area contributed by atoms with Gasteiger partial charge in [-0.15, -0.1) is 13.2 Å². The first-order valence-electron chi connectivity index (χ1n) is 7.93. The Kier molecular flexibility index (Phi) is 6.21. The molecule has 0 saturated carbocycles. The minimum atomic E-state index is -0.771. The van der Waals surface area contributed by atoms with Crippen LogP contribution in [0.15, 0.2) is 67.8 Å². The van der Waals surface area contributed by atoms with Crippen LogP contribution in [0.2, 0.25) is 0 Å². The number of benzene rings is 2. The van der Waals surface area contributed by atoms with Crippen molar-refractivity contribution in [2.45, 2.75) is 25.6 Å². The van der Waals surface area contributed by atoms with Crippen molar-refractivity contribution < 1.29 is 14.6 Å². The average molecular weight is 324 g/mol. The fraction of sp³-hybridized carbons (Fsp3) is 0.238. The summed E-state index contributed by atoms with van der Waals surface area (Å²) in [5, 5.41) is 10.3. The summed E-state index contributed by atoms with van der Waals surface area (Å²) in [4.78, 5) is 0. The van der Waals surface area contributed by atoms with Crippen molar-refractivity contribution in [2.75, 3.05) is 7.11 Å². The molecule has 0 bridgehead atoms. The third kappa shape index (κ3) is 3.87. The first-order valence-corrected chi connectivity index (χ1v) is 7.93. The molecule has 2 unspecified atom stereocenters. The Balaban J connectivity index is 2.48. The molecule has 2 aromatic rings. The second-order valence-corrected chi connectivity index (χ2v) is 5.58. The van der Waals surface area contributed by atoms with Crippen molar-refractivity contribution in [3.8, 4) is 11.5 Å². The molecule has 2 aromatic carbocycles. The first-order chi connectivity index (χ1) is 11.6. The molecule has 0 spiro atoms. The standard InChI is InChI=1S/C21H24O3/c1-5-15(3)20-17(18(22)6-2)12-13-19(23-4)21(20)24-14-16-10-8-7-9-11-16/h5-13,15,18,22H,1-2,14H2,3-4H3. The fourth-order valence-corrected chi connectivity index (χ4v) is 2.61. The highest BCUT2D eigenvalue weighted by molar-refractivity contribution is 5.54. The molecule has 3 nitrogen and oxygen atoms in total. The van der Waals surface area contributed by atoms with Crippen LogP contribution < -0.4 is 9.47 Å². The highest BCUT2D eigenvalue weighted by Crippen LogP contribution is 2.41. The zero-order chi connectivity index (χ0) is 17.5. The van der Waals surface area contributed by atoms with E-state index in [0.717, 1.165) is 16.7 Å². The molecule has 126 valence electrons. The van der Waals surface area contributed by atoms with Crippen molar-refractivity contribution in [3.05, 3.63) is 84.5 Å². The number of allylic oxidation sites excluding steroid dienone is 1. The predicted molar refractivity (Wildman–Crippen MR) is 97.5 cm³/mol. The molecule has 0 aliphatic rings. The van der Waals surface area contributed by atoms with Gasteiger partial charge in [-0.1, -0.05) is 55.5 Å². The molecule has 0 amide bonds. The number of ether oxygens (including phenoxy) is 2. The van der Waals surface area contributed by atoms with Crippen molar-refractivity contribution in [2.24, 2.45) is 0 Å². The van der Waals surface area contributed by atoms with Gasteiger partial charge in [0.2, 0.25) is 0 Å². The Bertz CT molecular complexity index is 692. The van der Waals surface area contributed by atoms with Crippen LogP contribution in [0.3, 0.4) is 0 Å². The van der Waals surface area contributed by atoms with Gasteiger partial charge < -0.3 is 14.6 Å². The number of aliphatic hydroxyl groups excluding tert-OH is 1. The highest BCUT2D eigenvalue weighted by atomic mass is 16.5. The lowest BCUT2D eigenvalue weighted by molar-refractivity contribution is 0.224. The molecule has 2 atom stereocenters. The summed E-state index contributed by atoms with van der Waals surface area (Å²) in [5.41, 5.74) is 2.68. The summed E-state index contributed by atoms with van der Waals surface area (Å²) in [6.45, 7) is 9.98. The van der Waals surface area contributed by atoms with Crippen molar-refractivity contribution in [3.63, 3.8) is 0 Å².